The summed E-state index contributed by atoms with van der Waals surface area (Å²) >= 11 is 0. The molecule has 0 bridgehead atoms. The molecule has 1 aromatic heterocycles. The zero-order valence-corrected chi connectivity index (χ0v) is 25.9. The van der Waals surface area contributed by atoms with E-state index in [1.807, 2.05) is 0 Å². The van der Waals surface area contributed by atoms with Crippen LogP contribution in [0.25, 0.3) is 16.6 Å². The highest BCUT2D eigenvalue weighted by molar-refractivity contribution is 7.91. The van der Waals surface area contributed by atoms with E-state index in [9.17, 15) is 26.8 Å². The maximum absolute atomic E-state index is 13.7. The maximum atomic E-state index is 13.7. The molecular weight excluding hydrogens is 622 g/mol. The van der Waals surface area contributed by atoms with Gasteiger partial charge in [0.15, 0.2) is 21.3 Å². The van der Waals surface area contributed by atoms with Gasteiger partial charge in [0, 0.05) is 23.9 Å². The van der Waals surface area contributed by atoms with Crippen LogP contribution in [0.15, 0.2) is 66.9 Å². The second-order valence-electron chi connectivity index (χ2n) is 11.5. The molecule has 0 saturated carbocycles. The molecule has 3 heterocycles. The molecule has 4 aromatic rings. The quantitative estimate of drug-likeness (QED) is 0.277. The molecule has 0 spiro atoms. The minimum Gasteiger partial charge on any atom is -0.486 e. The molecule has 3 atom stereocenters. The Morgan fingerprint density at radius 2 is 1.78 bits per heavy atom. The third-order valence-corrected chi connectivity index (χ3v) is 9.62. The van der Waals surface area contributed by atoms with Gasteiger partial charge in [0.1, 0.15) is 25.1 Å². The molecule has 1 saturated heterocycles. The second-order valence-corrected chi connectivity index (χ2v) is 13.7. The van der Waals surface area contributed by atoms with Gasteiger partial charge in [0.25, 0.3) is 11.8 Å². The van der Waals surface area contributed by atoms with Gasteiger partial charge in [-0.3, -0.25) is 9.59 Å². The van der Waals surface area contributed by atoms with Gasteiger partial charge in [0.2, 0.25) is 0 Å². The van der Waals surface area contributed by atoms with Crippen molar-refractivity contribution in [3.8, 4) is 22.9 Å². The largest absolute Gasteiger partial charge is 0.486 e. The topological polar surface area (TPSA) is 138 Å². The van der Waals surface area contributed by atoms with E-state index in [1.54, 1.807) is 78.5 Å². The minimum absolute atomic E-state index is 0.0541. The summed E-state index contributed by atoms with van der Waals surface area (Å²) in [5, 5.41) is 10.4. The van der Waals surface area contributed by atoms with Crippen molar-refractivity contribution in [1.29, 1.82) is 0 Å². The Balaban J connectivity index is 1.22. The van der Waals surface area contributed by atoms with Gasteiger partial charge in [-0.25, -0.2) is 13.1 Å². The number of halogens is 2. The number of ether oxygens (including phenoxy) is 3. The van der Waals surface area contributed by atoms with Crippen molar-refractivity contribution < 1.29 is 41.0 Å². The average Bonchev–Trinajstić information content (AvgIpc) is 3.60. The minimum atomic E-state index is -3.57. The van der Waals surface area contributed by atoms with Crippen LogP contribution in [0, 0.1) is 0 Å². The van der Waals surface area contributed by atoms with Gasteiger partial charge >= 0.3 is 5.92 Å². The Labute approximate surface area is 263 Å². The summed E-state index contributed by atoms with van der Waals surface area (Å²) < 4.78 is 70.2. The molecule has 2 aliphatic rings. The van der Waals surface area contributed by atoms with Crippen LogP contribution in [0.1, 0.15) is 42.3 Å². The number of nitrogens with one attached hydrogen (secondary N) is 2. The maximum Gasteiger partial charge on any atom is 0.321 e. The van der Waals surface area contributed by atoms with Crippen molar-refractivity contribution in [3.05, 3.63) is 78.0 Å². The van der Waals surface area contributed by atoms with Crippen LogP contribution in [-0.4, -0.2) is 72.7 Å². The number of hydrogen-bond donors (Lipinski definition) is 2. The van der Waals surface area contributed by atoms with Gasteiger partial charge in [-0.1, -0.05) is 6.07 Å². The van der Waals surface area contributed by atoms with E-state index in [0.29, 0.717) is 60.6 Å². The number of carbonyl (C=O) groups is 2. The number of carbonyl (C=O) groups excluding carboxylic acids is 2. The predicted octanol–water partition coefficient (Wildman–Crippen LogP) is 3.99. The van der Waals surface area contributed by atoms with Gasteiger partial charge in [-0.15, -0.1) is 0 Å². The first-order chi connectivity index (χ1) is 21.9. The van der Waals surface area contributed by atoms with Crippen molar-refractivity contribution in [2.45, 2.75) is 44.4 Å². The van der Waals surface area contributed by atoms with E-state index < -0.39 is 39.9 Å². The van der Waals surface area contributed by atoms with Crippen molar-refractivity contribution in [3.63, 3.8) is 0 Å². The Bertz CT molecular complexity index is 1890. The number of sulfone groups is 1. The number of rotatable bonds is 9. The smallest absolute Gasteiger partial charge is 0.321 e. The molecule has 0 aliphatic carbocycles. The number of nitrogens with zero attached hydrogens (tertiary/aromatic N) is 2. The number of fused-ring (bicyclic) bond motifs is 2. The first kappa shape index (κ1) is 31.3. The normalized spacial score (nSPS) is 18.5. The number of hydrogen-bond acceptors (Lipinski definition) is 8. The SMILES string of the molecule is C[C@H](NC(=O)C(C)(F)F)[C@H](Oc1ccc2c(cnn2-c2ccc(C(=O)N[C@H]3CCS(=O)(=O)C3)cc2)c1)c1ccc2c(c1)OCCO2. The molecule has 2 amide bonds. The monoisotopic (exact) mass is 654 g/mol. The fourth-order valence-corrected chi connectivity index (χ4v) is 7.15. The zero-order valence-electron chi connectivity index (χ0n) is 25.0. The first-order valence-corrected chi connectivity index (χ1v) is 16.5. The van der Waals surface area contributed by atoms with E-state index >= 15 is 0 Å². The third kappa shape index (κ3) is 6.76. The lowest BCUT2D eigenvalue weighted by atomic mass is 10.0. The standard InChI is InChI=1S/C32H32F2N4O7S/c1-19(36-31(40)32(2,33)34)29(21-5-10-27-28(16-21)44-13-12-43-27)45-25-8-9-26-22(15-25)17-35-38(26)24-6-3-20(4-7-24)30(39)37-23-11-14-46(41,42)18-23/h3-10,15-17,19,23,29H,11-14,18H2,1-2H3,(H,36,40)(H,37,39)/t19-,23-,29-/m0/s1. The van der Waals surface area contributed by atoms with Crippen LogP contribution in [-0.2, 0) is 14.6 Å². The molecule has 2 aliphatic heterocycles. The average molecular weight is 655 g/mol. The fraction of sp³-hybridized carbons (Fsp3) is 0.344. The Hall–Kier alpha value is -4.72. The summed E-state index contributed by atoms with van der Waals surface area (Å²) in [6.07, 6.45) is 1.18. The van der Waals surface area contributed by atoms with Crippen molar-refractivity contribution >= 4 is 32.6 Å². The van der Waals surface area contributed by atoms with Gasteiger partial charge in [0.05, 0.1) is 34.9 Å². The number of alkyl halides is 2. The predicted molar refractivity (Wildman–Crippen MR) is 165 cm³/mol. The van der Waals surface area contributed by atoms with Gasteiger partial charge in [-0.2, -0.15) is 13.9 Å². The first-order valence-electron chi connectivity index (χ1n) is 14.7. The zero-order chi connectivity index (χ0) is 32.6. The summed E-state index contributed by atoms with van der Waals surface area (Å²) in [4.78, 5) is 24.8. The lowest BCUT2D eigenvalue weighted by molar-refractivity contribution is -0.144. The molecule has 14 heteroatoms. The summed E-state index contributed by atoms with van der Waals surface area (Å²) in [5.74, 6) is -3.86. The van der Waals surface area contributed by atoms with Crippen LogP contribution >= 0.6 is 0 Å². The number of amides is 2. The second kappa shape index (κ2) is 12.2. The van der Waals surface area contributed by atoms with Crippen molar-refractivity contribution in [2.75, 3.05) is 24.7 Å². The summed E-state index contributed by atoms with van der Waals surface area (Å²) in [6.45, 7) is 2.89. The van der Waals surface area contributed by atoms with Crippen LogP contribution in [0.2, 0.25) is 0 Å². The highest BCUT2D eigenvalue weighted by atomic mass is 32.2. The number of aromatic nitrogens is 2. The Morgan fingerprint density at radius 3 is 2.48 bits per heavy atom. The van der Waals surface area contributed by atoms with Crippen LogP contribution < -0.4 is 24.8 Å². The highest BCUT2D eigenvalue weighted by Gasteiger charge is 2.35. The molecule has 2 N–H and O–H groups in total. The van der Waals surface area contributed by atoms with Gasteiger partial charge in [-0.05, 0) is 73.5 Å². The Morgan fingerprint density at radius 1 is 1.04 bits per heavy atom. The molecule has 1 fully saturated rings. The van der Waals surface area contributed by atoms with E-state index in [2.05, 4.69) is 15.7 Å². The molecule has 46 heavy (non-hydrogen) atoms. The molecule has 3 aromatic carbocycles. The molecule has 242 valence electrons. The molecule has 6 rings (SSSR count). The van der Waals surface area contributed by atoms with Crippen molar-refractivity contribution in [1.82, 2.24) is 20.4 Å². The van der Waals surface area contributed by atoms with Crippen LogP contribution in [0.3, 0.4) is 0 Å². The van der Waals surface area contributed by atoms with E-state index in [4.69, 9.17) is 14.2 Å². The number of benzene rings is 3. The highest BCUT2D eigenvalue weighted by Crippen LogP contribution is 2.36. The third-order valence-electron chi connectivity index (χ3n) is 7.85. The van der Waals surface area contributed by atoms with E-state index in [-0.39, 0.29) is 17.4 Å². The fourth-order valence-electron chi connectivity index (χ4n) is 5.47. The van der Waals surface area contributed by atoms with Gasteiger partial charge < -0.3 is 24.8 Å². The molecule has 0 radical (unpaired) electrons. The summed E-state index contributed by atoms with van der Waals surface area (Å²) in [7, 11) is -3.11. The van der Waals surface area contributed by atoms with Crippen molar-refractivity contribution in [2.24, 2.45) is 0 Å². The van der Waals surface area contributed by atoms with E-state index in [0.717, 1.165) is 10.9 Å². The molecular formula is C32H32F2N4O7S. The Kier molecular flexibility index (Phi) is 8.32. The summed E-state index contributed by atoms with van der Waals surface area (Å²) in [6, 6.07) is 15.9. The molecule has 0 unspecified atom stereocenters. The molecule has 11 nitrogen and oxygen atoms in total. The van der Waals surface area contributed by atoms with Crippen LogP contribution in [0.5, 0.6) is 17.2 Å². The lowest BCUT2D eigenvalue weighted by Crippen LogP contribution is -2.46. The lowest BCUT2D eigenvalue weighted by Gasteiger charge is -2.28. The van der Waals surface area contributed by atoms with Crippen LogP contribution in [0.4, 0.5) is 8.78 Å². The summed E-state index contributed by atoms with van der Waals surface area (Å²) in [5.41, 5.74) is 2.41. The van der Waals surface area contributed by atoms with E-state index in [1.165, 1.54) is 0 Å².